The fourth-order valence-corrected chi connectivity index (χ4v) is 5.17. The Labute approximate surface area is 284 Å². The third-order valence-electron chi connectivity index (χ3n) is 7.94. The van der Waals surface area contributed by atoms with E-state index in [2.05, 4.69) is 86.8 Å². The van der Waals surface area contributed by atoms with E-state index in [4.69, 9.17) is 9.84 Å². The van der Waals surface area contributed by atoms with Crippen LogP contribution < -0.4 is 0 Å². The summed E-state index contributed by atoms with van der Waals surface area (Å²) in [7, 11) is 0. The van der Waals surface area contributed by atoms with Crippen molar-refractivity contribution in [3.8, 4) is 0 Å². The Kier molecular flexibility index (Phi) is 34.7. The average molecular weight is 639 g/mol. The third-order valence-corrected chi connectivity index (χ3v) is 7.94. The SMILES string of the molecule is CC/C=C\C/C=C\C/C=C\C/C=C\C/C=C\C/C=C\CCCCC(=O)OC(CCCC)CCCCCCCCCCCCC(=O)O. The monoisotopic (exact) mass is 639 g/mol. The van der Waals surface area contributed by atoms with Gasteiger partial charge in [0.15, 0.2) is 0 Å². The second-order valence-corrected chi connectivity index (χ2v) is 12.4. The Hall–Kier alpha value is -2.62. The Morgan fingerprint density at radius 1 is 0.500 bits per heavy atom. The van der Waals surface area contributed by atoms with Crippen LogP contribution in [0.2, 0.25) is 0 Å². The van der Waals surface area contributed by atoms with E-state index in [0.29, 0.717) is 12.8 Å². The summed E-state index contributed by atoms with van der Waals surface area (Å²) in [6.07, 6.45) is 52.5. The van der Waals surface area contributed by atoms with Gasteiger partial charge in [0, 0.05) is 12.8 Å². The Bertz CT molecular complexity index is 861. The van der Waals surface area contributed by atoms with E-state index in [1.807, 2.05) is 0 Å². The molecule has 46 heavy (non-hydrogen) atoms. The molecule has 0 rings (SSSR count). The molecule has 0 saturated carbocycles. The summed E-state index contributed by atoms with van der Waals surface area (Å²) < 4.78 is 5.89. The number of carboxylic acid groups (broad SMARTS) is 1. The van der Waals surface area contributed by atoms with Crippen molar-refractivity contribution in [2.75, 3.05) is 0 Å². The molecule has 1 unspecified atom stereocenters. The van der Waals surface area contributed by atoms with Crippen molar-refractivity contribution in [1.29, 1.82) is 0 Å². The van der Waals surface area contributed by atoms with Crippen LogP contribution in [-0.2, 0) is 14.3 Å². The van der Waals surface area contributed by atoms with Crippen LogP contribution in [0, 0.1) is 0 Å². The first-order chi connectivity index (χ1) is 22.6. The van der Waals surface area contributed by atoms with Crippen molar-refractivity contribution in [1.82, 2.24) is 0 Å². The van der Waals surface area contributed by atoms with Gasteiger partial charge in [-0.1, -0.05) is 151 Å². The van der Waals surface area contributed by atoms with Gasteiger partial charge in [-0.25, -0.2) is 0 Å². The third kappa shape index (κ3) is 35.9. The Morgan fingerprint density at radius 2 is 0.913 bits per heavy atom. The normalized spacial score (nSPS) is 13.1. The summed E-state index contributed by atoms with van der Waals surface area (Å²) in [4.78, 5) is 23.0. The lowest BCUT2D eigenvalue weighted by Gasteiger charge is -2.18. The lowest BCUT2D eigenvalue weighted by atomic mass is 10.0. The van der Waals surface area contributed by atoms with Crippen LogP contribution in [-0.4, -0.2) is 23.1 Å². The van der Waals surface area contributed by atoms with Crippen molar-refractivity contribution >= 4 is 11.9 Å². The molecule has 0 fully saturated rings. The number of esters is 1. The highest BCUT2D eigenvalue weighted by Gasteiger charge is 2.13. The summed E-state index contributed by atoms with van der Waals surface area (Å²) >= 11 is 0. The minimum Gasteiger partial charge on any atom is -0.481 e. The molecule has 0 aromatic rings. The van der Waals surface area contributed by atoms with Crippen molar-refractivity contribution in [3.05, 3.63) is 72.9 Å². The standard InChI is InChI=1S/C42H70O4/c1-3-5-7-8-9-10-11-12-13-14-15-16-17-18-19-20-21-26-29-32-35-39-42(45)46-40(36-6-4-2)37-33-30-27-24-22-23-25-28-31-34-38-41(43)44/h5,7,9-10,12-13,15-16,18-19,21,26,40H,3-4,6,8,11,14,17,20,22-25,27-39H2,1-2H3,(H,43,44)/b7-5-,10-9-,13-12-,16-15-,19-18-,26-21-. The number of aliphatic carboxylic acids is 1. The van der Waals surface area contributed by atoms with Crippen LogP contribution in [0.25, 0.3) is 0 Å². The lowest BCUT2D eigenvalue weighted by Crippen LogP contribution is -2.18. The van der Waals surface area contributed by atoms with Crippen molar-refractivity contribution < 1.29 is 19.4 Å². The second-order valence-electron chi connectivity index (χ2n) is 12.4. The molecule has 0 amide bonds. The predicted octanol–water partition coefficient (Wildman–Crippen LogP) is 13.1. The van der Waals surface area contributed by atoms with Gasteiger partial charge in [-0.15, -0.1) is 0 Å². The largest absolute Gasteiger partial charge is 0.481 e. The lowest BCUT2D eigenvalue weighted by molar-refractivity contribution is -0.150. The molecule has 0 aromatic carbocycles. The zero-order valence-electron chi connectivity index (χ0n) is 29.9. The molecule has 0 spiro atoms. The van der Waals surface area contributed by atoms with Gasteiger partial charge in [0.05, 0.1) is 0 Å². The molecular weight excluding hydrogens is 568 g/mol. The first kappa shape index (κ1) is 43.4. The van der Waals surface area contributed by atoms with Gasteiger partial charge < -0.3 is 9.84 Å². The summed E-state index contributed by atoms with van der Waals surface area (Å²) in [5.41, 5.74) is 0. The topological polar surface area (TPSA) is 63.6 Å². The molecule has 0 heterocycles. The molecule has 0 saturated heterocycles. The highest BCUT2D eigenvalue weighted by Crippen LogP contribution is 2.17. The van der Waals surface area contributed by atoms with Crippen LogP contribution in [0.4, 0.5) is 0 Å². The zero-order valence-corrected chi connectivity index (χ0v) is 29.9. The maximum absolute atomic E-state index is 12.5. The molecular formula is C42H70O4. The van der Waals surface area contributed by atoms with Crippen LogP contribution in [0.3, 0.4) is 0 Å². The molecule has 0 aliphatic rings. The zero-order chi connectivity index (χ0) is 33.6. The van der Waals surface area contributed by atoms with E-state index in [9.17, 15) is 9.59 Å². The number of rotatable bonds is 33. The number of allylic oxidation sites excluding steroid dienone is 12. The number of carbonyl (C=O) groups excluding carboxylic acids is 1. The van der Waals surface area contributed by atoms with Crippen LogP contribution in [0.1, 0.15) is 174 Å². The molecule has 0 aromatic heterocycles. The minimum atomic E-state index is -0.681. The van der Waals surface area contributed by atoms with Gasteiger partial charge in [0.25, 0.3) is 0 Å². The molecule has 262 valence electrons. The Morgan fingerprint density at radius 3 is 1.39 bits per heavy atom. The fourth-order valence-electron chi connectivity index (χ4n) is 5.17. The molecule has 4 nitrogen and oxygen atoms in total. The van der Waals surface area contributed by atoms with E-state index in [0.717, 1.165) is 109 Å². The Balaban J connectivity index is 3.80. The summed E-state index contributed by atoms with van der Waals surface area (Å²) in [6, 6.07) is 0. The van der Waals surface area contributed by atoms with E-state index in [-0.39, 0.29) is 12.1 Å². The summed E-state index contributed by atoms with van der Waals surface area (Å²) in [5, 5.41) is 8.68. The van der Waals surface area contributed by atoms with E-state index in [1.165, 1.54) is 38.5 Å². The maximum Gasteiger partial charge on any atom is 0.306 e. The fraction of sp³-hybridized carbons (Fsp3) is 0.667. The van der Waals surface area contributed by atoms with Crippen LogP contribution in [0.15, 0.2) is 72.9 Å². The molecule has 1 N–H and O–H groups in total. The first-order valence-electron chi connectivity index (χ1n) is 18.9. The maximum atomic E-state index is 12.5. The number of ether oxygens (including phenoxy) is 1. The van der Waals surface area contributed by atoms with Crippen molar-refractivity contribution in [3.63, 3.8) is 0 Å². The smallest absolute Gasteiger partial charge is 0.306 e. The quantitative estimate of drug-likeness (QED) is 0.0441. The molecule has 1 atom stereocenters. The van der Waals surface area contributed by atoms with Crippen LogP contribution in [0.5, 0.6) is 0 Å². The first-order valence-corrected chi connectivity index (χ1v) is 18.9. The number of hydrogen-bond donors (Lipinski definition) is 1. The van der Waals surface area contributed by atoms with Gasteiger partial charge >= 0.3 is 11.9 Å². The second kappa shape index (κ2) is 36.8. The van der Waals surface area contributed by atoms with Gasteiger partial charge in [0.1, 0.15) is 6.10 Å². The number of unbranched alkanes of at least 4 members (excludes halogenated alkanes) is 12. The number of hydrogen-bond acceptors (Lipinski definition) is 3. The van der Waals surface area contributed by atoms with E-state index < -0.39 is 5.97 Å². The van der Waals surface area contributed by atoms with Gasteiger partial charge in [0.2, 0.25) is 0 Å². The minimum absolute atomic E-state index is 0.0211. The summed E-state index contributed by atoms with van der Waals surface area (Å²) in [5.74, 6) is -0.702. The summed E-state index contributed by atoms with van der Waals surface area (Å²) in [6.45, 7) is 4.35. The van der Waals surface area contributed by atoms with Crippen molar-refractivity contribution in [2.45, 2.75) is 180 Å². The molecule has 0 radical (unpaired) electrons. The number of carbonyl (C=O) groups is 2. The average Bonchev–Trinajstić information content (AvgIpc) is 3.04. The van der Waals surface area contributed by atoms with E-state index >= 15 is 0 Å². The molecule has 4 heteroatoms. The highest BCUT2D eigenvalue weighted by atomic mass is 16.5. The van der Waals surface area contributed by atoms with Crippen molar-refractivity contribution in [2.24, 2.45) is 0 Å². The van der Waals surface area contributed by atoms with E-state index in [1.54, 1.807) is 0 Å². The van der Waals surface area contributed by atoms with Gasteiger partial charge in [-0.2, -0.15) is 0 Å². The predicted molar refractivity (Wildman–Crippen MR) is 199 cm³/mol. The highest BCUT2D eigenvalue weighted by molar-refractivity contribution is 5.69. The molecule has 0 aliphatic heterocycles. The van der Waals surface area contributed by atoms with Gasteiger partial charge in [-0.3, -0.25) is 9.59 Å². The molecule has 0 aliphatic carbocycles. The van der Waals surface area contributed by atoms with Gasteiger partial charge in [-0.05, 0) is 83.5 Å². The number of carboxylic acids is 1. The van der Waals surface area contributed by atoms with Crippen LogP contribution >= 0.6 is 0 Å². The molecule has 0 bridgehead atoms.